The summed E-state index contributed by atoms with van der Waals surface area (Å²) in [6.07, 6.45) is 3.88. The Morgan fingerprint density at radius 1 is 1.42 bits per heavy atom. The van der Waals surface area contributed by atoms with Crippen LogP contribution in [0.2, 0.25) is 0 Å². The Bertz CT molecular complexity index is 318. The van der Waals surface area contributed by atoms with Gasteiger partial charge in [0.25, 0.3) is 0 Å². The lowest BCUT2D eigenvalue weighted by atomic mass is 10.1. The third-order valence-corrected chi connectivity index (χ3v) is 1.68. The smallest absolute Gasteiger partial charge is 0.233 e. The second kappa shape index (κ2) is 4.35. The first kappa shape index (κ1) is 8.55. The molecule has 0 aromatic heterocycles. The predicted molar refractivity (Wildman–Crippen MR) is 51.7 cm³/mol. The van der Waals surface area contributed by atoms with Crippen molar-refractivity contribution in [2.24, 2.45) is 0 Å². The van der Waals surface area contributed by atoms with Gasteiger partial charge in [0.15, 0.2) is 0 Å². The van der Waals surface area contributed by atoms with E-state index in [2.05, 4.69) is 23.9 Å². The van der Waals surface area contributed by atoms with Crippen LogP contribution in [0.5, 0.6) is 0 Å². The molecule has 0 N–H and O–H groups in total. The van der Waals surface area contributed by atoms with Crippen LogP contribution >= 0.6 is 0 Å². The van der Waals surface area contributed by atoms with Gasteiger partial charge in [0.1, 0.15) is 0 Å². The molecule has 0 aliphatic heterocycles. The first-order valence-electron chi connectivity index (χ1n) is 3.90. The second-order valence-electron chi connectivity index (χ2n) is 2.60. The van der Waals surface area contributed by atoms with Crippen LogP contribution in [0.3, 0.4) is 0 Å². The van der Waals surface area contributed by atoms with Gasteiger partial charge >= 0.3 is 0 Å². The lowest BCUT2D eigenvalue weighted by molar-refractivity contribution is 1.43. The Hall–Kier alpha value is -1.55. The summed E-state index contributed by atoms with van der Waals surface area (Å²) < 4.78 is 0. The van der Waals surface area contributed by atoms with E-state index in [1.165, 1.54) is 11.1 Å². The maximum Gasteiger partial charge on any atom is 0.233 e. The van der Waals surface area contributed by atoms with Crippen LogP contribution in [-0.4, -0.2) is 6.54 Å². The van der Waals surface area contributed by atoms with E-state index in [1.54, 1.807) is 0 Å². The highest BCUT2D eigenvalue weighted by Gasteiger charge is 1.89. The highest BCUT2D eigenvalue weighted by molar-refractivity contribution is 5.53. The van der Waals surface area contributed by atoms with Crippen LogP contribution in [0.25, 0.3) is 10.9 Å². The van der Waals surface area contributed by atoms with Gasteiger partial charge in [0, 0.05) is 0 Å². The Morgan fingerprint density at radius 2 is 2.17 bits per heavy atom. The highest BCUT2D eigenvalue weighted by Crippen LogP contribution is 2.08. The average molecular weight is 157 g/mol. The molecule has 0 atom stereocenters. The molecule has 0 aliphatic rings. The van der Waals surface area contributed by atoms with Crippen LogP contribution in [-0.2, 0) is 0 Å². The van der Waals surface area contributed by atoms with E-state index in [0.29, 0.717) is 6.54 Å². The predicted octanol–water partition coefficient (Wildman–Crippen LogP) is 2.93. The number of aryl methyl sites for hydroxylation is 1. The summed E-state index contributed by atoms with van der Waals surface area (Å²) in [5, 5.41) is 0. The molecule has 0 spiro atoms. The summed E-state index contributed by atoms with van der Waals surface area (Å²) in [5.41, 5.74) is 2.44. The van der Waals surface area contributed by atoms with Crippen molar-refractivity contribution in [2.75, 3.05) is 6.54 Å². The zero-order valence-electron chi connectivity index (χ0n) is 7.12. The van der Waals surface area contributed by atoms with E-state index in [0.717, 1.165) is 0 Å². The molecule has 0 bridgehead atoms. The van der Waals surface area contributed by atoms with E-state index in [-0.39, 0.29) is 0 Å². The van der Waals surface area contributed by atoms with Crippen molar-refractivity contribution in [3.8, 4) is 0 Å². The molecule has 1 nitrogen and oxygen atoms in total. The average Bonchev–Trinajstić information content (AvgIpc) is 2.09. The van der Waals surface area contributed by atoms with Crippen LogP contribution in [0.1, 0.15) is 11.1 Å². The van der Waals surface area contributed by atoms with E-state index in [1.807, 2.05) is 24.3 Å². The van der Waals surface area contributed by atoms with E-state index in [9.17, 15) is 0 Å². The number of benzene rings is 1. The summed E-state index contributed by atoms with van der Waals surface area (Å²) >= 11 is 0. The zero-order valence-corrected chi connectivity index (χ0v) is 7.12. The van der Waals surface area contributed by atoms with Crippen molar-refractivity contribution < 1.29 is 0 Å². The molecule has 0 aliphatic carbocycles. The van der Waals surface area contributed by atoms with Gasteiger partial charge in [-0.2, -0.15) is 0 Å². The maximum absolute atomic E-state index is 6.60. The molecule has 1 rings (SSSR count). The molecular weight excluding hydrogens is 146 g/mol. The number of hydrogen-bond donors (Lipinski definition) is 0. The Kier molecular flexibility index (Phi) is 3.10. The minimum absolute atomic E-state index is 0.467. The lowest BCUT2D eigenvalue weighted by Crippen LogP contribution is -1.78. The quantitative estimate of drug-likeness (QED) is 0.581. The SMILES string of the molecule is [C-]#[N+]CC=Cc1ccccc1C. The van der Waals surface area contributed by atoms with Crippen molar-refractivity contribution in [3.63, 3.8) is 0 Å². The molecular formula is C11H11N. The molecule has 60 valence electrons. The van der Waals surface area contributed by atoms with Crippen molar-refractivity contribution in [1.29, 1.82) is 0 Å². The third kappa shape index (κ3) is 2.25. The van der Waals surface area contributed by atoms with Gasteiger partial charge in [0.2, 0.25) is 6.54 Å². The van der Waals surface area contributed by atoms with Crippen molar-refractivity contribution in [2.45, 2.75) is 6.92 Å². The molecule has 12 heavy (non-hydrogen) atoms. The summed E-state index contributed by atoms with van der Waals surface area (Å²) in [7, 11) is 0. The van der Waals surface area contributed by atoms with Gasteiger partial charge < -0.3 is 4.85 Å². The monoisotopic (exact) mass is 157 g/mol. The molecule has 0 heterocycles. The normalized spacial score (nSPS) is 10.0. The van der Waals surface area contributed by atoms with Crippen molar-refractivity contribution in [3.05, 3.63) is 52.9 Å². The number of hydrogen-bond acceptors (Lipinski definition) is 0. The fourth-order valence-corrected chi connectivity index (χ4v) is 1.01. The first-order valence-corrected chi connectivity index (χ1v) is 3.90. The molecule has 1 aromatic rings. The fraction of sp³-hybridized carbons (Fsp3) is 0.182. The van der Waals surface area contributed by atoms with E-state index < -0.39 is 0 Å². The standard InChI is InChI=1S/C11H11N/c1-10-6-3-4-7-11(10)8-5-9-12-2/h3-8H,9H2,1H3. The van der Waals surface area contributed by atoms with Crippen LogP contribution in [0.4, 0.5) is 0 Å². The molecule has 1 heteroatoms. The van der Waals surface area contributed by atoms with Crippen LogP contribution < -0.4 is 0 Å². The molecule has 0 unspecified atom stereocenters. The van der Waals surface area contributed by atoms with E-state index in [4.69, 9.17) is 6.57 Å². The zero-order chi connectivity index (χ0) is 8.81. The summed E-state index contributed by atoms with van der Waals surface area (Å²) in [5.74, 6) is 0. The van der Waals surface area contributed by atoms with Crippen LogP contribution in [0.15, 0.2) is 30.3 Å². The highest BCUT2D eigenvalue weighted by atomic mass is 14.6. The largest absolute Gasteiger partial charge is 0.312 e. The molecule has 0 fully saturated rings. The van der Waals surface area contributed by atoms with E-state index >= 15 is 0 Å². The topological polar surface area (TPSA) is 4.36 Å². The van der Waals surface area contributed by atoms with Gasteiger partial charge in [-0.1, -0.05) is 30.3 Å². The molecule has 1 aromatic carbocycles. The van der Waals surface area contributed by atoms with Crippen molar-refractivity contribution in [1.82, 2.24) is 0 Å². The molecule has 0 saturated heterocycles. The fourth-order valence-electron chi connectivity index (χ4n) is 1.01. The molecule has 0 saturated carbocycles. The Balaban J connectivity index is 2.77. The van der Waals surface area contributed by atoms with Crippen LogP contribution in [0, 0.1) is 13.5 Å². The summed E-state index contributed by atoms with van der Waals surface area (Å²) in [6.45, 7) is 9.13. The Labute approximate surface area is 73.2 Å². The minimum Gasteiger partial charge on any atom is -0.312 e. The van der Waals surface area contributed by atoms with Gasteiger partial charge in [-0.05, 0) is 24.1 Å². The van der Waals surface area contributed by atoms with Gasteiger partial charge in [-0.25, -0.2) is 6.57 Å². The summed E-state index contributed by atoms with van der Waals surface area (Å²) in [6, 6.07) is 8.14. The van der Waals surface area contributed by atoms with Gasteiger partial charge in [-0.3, -0.25) is 0 Å². The Morgan fingerprint density at radius 3 is 2.83 bits per heavy atom. The van der Waals surface area contributed by atoms with Gasteiger partial charge in [0.05, 0.1) is 0 Å². The first-order chi connectivity index (χ1) is 5.84. The molecule has 0 radical (unpaired) electrons. The maximum atomic E-state index is 6.60. The van der Waals surface area contributed by atoms with Crippen molar-refractivity contribution >= 4 is 6.08 Å². The summed E-state index contributed by atoms with van der Waals surface area (Å²) in [4.78, 5) is 3.24. The third-order valence-electron chi connectivity index (χ3n) is 1.68. The number of rotatable bonds is 2. The molecule has 0 amide bonds. The minimum atomic E-state index is 0.467. The number of nitrogens with zero attached hydrogens (tertiary/aromatic N) is 1. The second-order valence-corrected chi connectivity index (χ2v) is 2.60. The van der Waals surface area contributed by atoms with Gasteiger partial charge in [-0.15, -0.1) is 0 Å². The lowest BCUT2D eigenvalue weighted by Gasteiger charge is -1.96.